The van der Waals surface area contributed by atoms with Gasteiger partial charge in [0.05, 0.1) is 0 Å². The van der Waals surface area contributed by atoms with E-state index < -0.39 is 0 Å². The van der Waals surface area contributed by atoms with Crippen LogP contribution in [0.3, 0.4) is 0 Å². The molecular weight excluding hydrogens is 202 g/mol. The predicted octanol–water partition coefficient (Wildman–Crippen LogP) is 0.806. The molecule has 0 bridgehead atoms. The molecule has 1 aromatic heterocycles. The van der Waals surface area contributed by atoms with Crippen LogP contribution in [0.25, 0.3) is 0 Å². The van der Waals surface area contributed by atoms with E-state index in [4.69, 9.17) is 0 Å². The van der Waals surface area contributed by atoms with Gasteiger partial charge in [-0.1, -0.05) is 6.92 Å². The number of hydrogen-bond donors (Lipinski definition) is 2. The summed E-state index contributed by atoms with van der Waals surface area (Å²) in [6.07, 6.45) is 2.86. The van der Waals surface area contributed by atoms with Gasteiger partial charge < -0.3 is 15.2 Å². The van der Waals surface area contributed by atoms with Crippen molar-refractivity contribution in [1.29, 1.82) is 0 Å². The molecule has 16 heavy (non-hydrogen) atoms. The minimum absolute atomic E-state index is 0.0324. The molecule has 0 radical (unpaired) electrons. The van der Waals surface area contributed by atoms with Crippen LogP contribution in [-0.4, -0.2) is 36.6 Å². The summed E-state index contributed by atoms with van der Waals surface area (Å²) >= 11 is 0. The molecule has 0 amide bonds. The molecule has 0 aliphatic carbocycles. The van der Waals surface area contributed by atoms with Crippen LogP contribution in [0.15, 0.2) is 23.1 Å². The number of likely N-dealkylation sites (N-methyl/N-ethyl adjacent to an activating group) is 1. The van der Waals surface area contributed by atoms with Crippen LogP contribution >= 0.6 is 0 Å². The van der Waals surface area contributed by atoms with E-state index in [1.165, 1.54) is 0 Å². The van der Waals surface area contributed by atoms with Gasteiger partial charge in [0, 0.05) is 31.9 Å². The second-order valence-electron chi connectivity index (χ2n) is 4.05. The fraction of sp³-hybridized carbons (Fsp3) is 0.583. The molecule has 90 valence electrons. The van der Waals surface area contributed by atoms with Crippen molar-refractivity contribution in [3.63, 3.8) is 0 Å². The lowest BCUT2D eigenvalue weighted by Crippen LogP contribution is -2.29. The van der Waals surface area contributed by atoms with Crippen LogP contribution in [0.2, 0.25) is 0 Å². The van der Waals surface area contributed by atoms with Crippen molar-refractivity contribution >= 4 is 0 Å². The van der Waals surface area contributed by atoms with E-state index >= 15 is 0 Å². The molecule has 4 heteroatoms. The number of nitrogens with one attached hydrogen (secondary N) is 2. The maximum absolute atomic E-state index is 11.1. The van der Waals surface area contributed by atoms with Crippen LogP contribution in [0, 0.1) is 0 Å². The lowest BCUT2D eigenvalue weighted by Gasteiger charge is -2.16. The Hall–Kier alpha value is -1.13. The molecule has 0 spiro atoms. The fourth-order valence-electron chi connectivity index (χ4n) is 1.55. The molecule has 1 rings (SSSR count). The lowest BCUT2D eigenvalue weighted by molar-refractivity contribution is 0.324. The zero-order valence-electron chi connectivity index (χ0n) is 10.1. The zero-order chi connectivity index (χ0) is 11.8. The van der Waals surface area contributed by atoms with Gasteiger partial charge in [-0.3, -0.25) is 4.79 Å². The summed E-state index contributed by atoms with van der Waals surface area (Å²) in [6.45, 7) is 6.03. The number of aromatic nitrogens is 1. The first-order valence-corrected chi connectivity index (χ1v) is 5.79. The average Bonchev–Trinajstić information content (AvgIpc) is 2.24. The molecule has 0 aliphatic rings. The van der Waals surface area contributed by atoms with E-state index in [2.05, 4.69) is 29.2 Å². The molecule has 1 heterocycles. The Labute approximate surface area is 96.7 Å². The van der Waals surface area contributed by atoms with Crippen molar-refractivity contribution in [2.75, 3.05) is 26.7 Å². The molecule has 0 unspecified atom stereocenters. The largest absolute Gasteiger partial charge is 0.329 e. The fourth-order valence-corrected chi connectivity index (χ4v) is 1.55. The first kappa shape index (κ1) is 12.9. The number of hydrogen-bond acceptors (Lipinski definition) is 3. The molecule has 0 saturated heterocycles. The number of H-pyrrole nitrogens is 1. The first-order valence-electron chi connectivity index (χ1n) is 5.79. The second kappa shape index (κ2) is 7.19. The van der Waals surface area contributed by atoms with Gasteiger partial charge in [-0.15, -0.1) is 0 Å². The maximum Gasteiger partial charge on any atom is 0.248 e. The smallest absolute Gasteiger partial charge is 0.248 e. The summed E-state index contributed by atoms with van der Waals surface area (Å²) in [5.41, 5.74) is 1.02. The van der Waals surface area contributed by atoms with Crippen molar-refractivity contribution in [2.45, 2.75) is 19.9 Å². The number of pyridine rings is 1. The minimum atomic E-state index is -0.0324. The molecule has 0 fully saturated rings. The van der Waals surface area contributed by atoms with Crippen LogP contribution < -0.4 is 10.9 Å². The van der Waals surface area contributed by atoms with Gasteiger partial charge in [0.1, 0.15) is 0 Å². The summed E-state index contributed by atoms with van der Waals surface area (Å²) < 4.78 is 0. The van der Waals surface area contributed by atoms with E-state index in [9.17, 15) is 4.79 Å². The third-order valence-corrected chi connectivity index (χ3v) is 2.39. The molecule has 0 atom stereocenters. The predicted molar refractivity (Wildman–Crippen MR) is 66.6 cm³/mol. The van der Waals surface area contributed by atoms with Gasteiger partial charge in [-0.2, -0.15) is 0 Å². The SMILES string of the molecule is CCCNCCN(C)Cc1cc[nH]c(=O)c1. The Morgan fingerprint density at radius 1 is 1.44 bits per heavy atom. The van der Waals surface area contributed by atoms with E-state index in [0.29, 0.717) is 0 Å². The van der Waals surface area contributed by atoms with Crippen molar-refractivity contribution in [1.82, 2.24) is 15.2 Å². The van der Waals surface area contributed by atoms with Gasteiger partial charge in [0.2, 0.25) is 5.56 Å². The summed E-state index contributed by atoms with van der Waals surface area (Å²) in [6, 6.07) is 3.59. The average molecular weight is 223 g/mol. The maximum atomic E-state index is 11.1. The highest BCUT2D eigenvalue weighted by molar-refractivity contribution is 5.09. The second-order valence-corrected chi connectivity index (χ2v) is 4.05. The molecule has 0 aromatic carbocycles. The van der Waals surface area contributed by atoms with E-state index in [0.717, 1.165) is 38.2 Å². The molecule has 4 nitrogen and oxygen atoms in total. The number of aromatic amines is 1. The van der Waals surface area contributed by atoms with E-state index in [1.54, 1.807) is 12.3 Å². The van der Waals surface area contributed by atoms with Crippen LogP contribution in [0.1, 0.15) is 18.9 Å². The third kappa shape index (κ3) is 5.09. The van der Waals surface area contributed by atoms with Crippen LogP contribution in [0.5, 0.6) is 0 Å². The summed E-state index contributed by atoms with van der Waals surface area (Å²) in [7, 11) is 2.06. The Morgan fingerprint density at radius 3 is 2.94 bits per heavy atom. The Balaban J connectivity index is 2.28. The molecular formula is C12H21N3O. The van der Waals surface area contributed by atoms with Crippen molar-refractivity contribution in [3.8, 4) is 0 Å². The Morgan fingerprint density at radius 2 is 2.25 bits per heavy atom. The van der Waals surface area contributed by atoms with Gasteiger partial charge in [0.15, 0.2) is 0 Å². The summed E-state index contributed by atoms with van der Waals surface area (Å²) in [5.74, 6) is 0. The highest BCUT2D eigenvalue weighted by Crippen LogP contribution is 1.97. The first-order chi connectivity index (χ1) is 7.72. The number of rotatable bonds is 7. The van der Waals surface area contributed by atoms with E-state index in [1.807, 2.05) is 6.07 Å². The molecule has 0 saturated carbocycles. The van der Waals surface area contributed by atoms with Gasteiger partial charge in [0.25, 0.3) is 0 Å². The van der Waals surface area contributed by atoms with Crippen LogP contribution in [-0.2, 0) is 6.54 Å². The minimum Gasteiger partial charge on any atom is -0.329 e. The molecule has 1 aromatic rings. The Kier molecular flexibility index (Phi) is 5.82. The highest BCUT2D eigenvalue weighted by atomic mass is 16.1. The summed E-state index contributed by atoms with van der Waals surface area (Å²) in [4.78, 5) is 15.9. The summed E-state index contributed by atoms with van der Waals surface area (Å²) in [5, 5.41) is 3.35. The standard InChI is InChI=1S/C12H21N3O/c1-3-5-13-7-8-15(2)10-11-4-6-14-12(16)9-11/h4,6,9,13H,3,5,7-8,10H2,1-2H3,(H,14,16). The van der Waals surface area contributed by atoms with Crippen molar-refractivity contribution < 1.29 is 0 Å². The third-order valence-electron chi connectivity index (χ3n) is 2.39. The normalized spacial score (nSPS) is 10.9. The zero-order valence-corrected chi connectivity index (χ0v) is 10.1. The highest BCUT2D eigenvalue weighted by Gasteiger charge is 2.00. The molecule has 2 N–H and O–H groups in total. The van der Waals surface area contributed by atoms with Crippen molar-refractivity contribution in [3.05, 3.63) is 34.2 Å². The van der Waals surface area contributed by atoms with Crippen LogP contribution in [0.4, 0.5) is 0 Å². The monoisotopic (exact) mass is 223 g/mol. The van der Waals surface area contributed by atoms with Gasteiger partial charge in [-0.25, -0.2) is 0 Å². The van der Waals surface area contributed by atoms with E-state index in [-0.39, 0.29) is 5.56 Å². The molecule has 0 aliphatic heterocycles. The Bertz CT molecular complexity index is 348. The quantitative estimate of drug-likeness (QED) is 0.672. The van der Waals surface area contributed by atoms with Gasteiger partial charge >= 0.3 is 0 Å². The lowest BCUT2D eigenvalue weighted by atomic mass is 10.2. The van der Waals surface area contributed by atoms with Gasteiger partial charge in [-0.05, 0) is 31.6 Å². The topological polar surface area (TPSA) is 48.1 Å². The van der Waals surface area contributed by atoms with Crippen molar-refractivity contribution in [2.24, 2.45) is 0 Å². The number of nitrogens with zero attached hydrogens (tertiary/aromatic N) is 1.